The van der Waals surface area contributed by atoms with Gasteiger partial charge < -0.3 is 20.2 Å². The van der Waals surface area contributed by atoms with E-state index in [4.69, 9.17) is 23.2 Å². The van der Waals surface area contributed by atoms with Crippen molar-refractivity contribution >= 4 is 35.1 Å². The maximum Gasteiger partial charge on any atom is 0.304 e. The molecule has 1 heterocycles. The van der Waals surface area contributed by atoms with Crippen molar-refractivity contribution < 1.29 is 24.9 Å². The molecule has 1 saturated heterocycles. The second kappa shape index (κ2) is 9.26. The topological polar surface area (TPSA) is 98.1 Å². The van der Waals surface area contributed by atoms with Crippen LogP contribution in [0.2, 0.25) is 10.0 Å². The third kappa shape index (κ3) is 4.62. The predicted octanol–water partition coefficient (Wildman–Crippen LogP) is 4.42. The Morgan fingerprint density at radius 2 is 1.76 bits per heavy atom. The highest BCUT2D eigenvalue weighted by atomic mass is 35.5. The number of aliphatic carboxylic acids is 1. The van der Waals surface area contributed by atoms with Crippen LogP contribution in [0.3, 0.4) is 0 Å². The van der Waals surface area contributed by atoms with Crippen LogP contribution in [0, 0.1) is 5.41 Å². The van der Waals surface area contributed by atoms with Crippen molar-refractivity contribution in [3.8, 4) is 0 Å². The second-order valence-corrected chi connectivity index (χ2v) is 10.3. The van der Waals surface area contributed by atoms with Gasteiger partial charge >= 0.3 is 5.97 Å². The number of hydrogen-bond donors (Lipinski definition) is 3. The zero-order chi connectivity index (χ0) is 23.9. The van der Waals surface area contributed by atoms with E-state index in [1.54, 1.807) is 30.0 Å². The molecule has 6 nitrogen and oxygen atoms in total. The highest BCUT2D eigenvalue weighted by Gasteiger charge is 2.54. The van der Waals surface area contributed by atoms with Crippen molar-refractivity contribution in [2.45, 2.75) is 62.8 Å². The van der Waals surface area contributed by atoms with E-state index in [2.05, 4.69) is 0 Å². The average Bonchev–Trinajstić information content (AvgIpc) is 3.08. The monoisotopic (exact) mass is 491 g/mol. The van der Waals surface area contributed by atoms with Crippen LogP contribution in [0.25, 0.3) is 0 Å². The van der Waals surface area contributed by atoms with Gasteiger partial charge in [-0.3, -0.25) is 9.59 Å². The minimum absolute atomic E-state index is 0.281. The zero-order valence-corrected chi connectivity index (χ0v) is 19.7. The molecule has 33 heavy (non-hydrogen) atoms. The lowest BCUT2D eigenvalue weighted by molar-refractivity contribution is -0.163. The van der Waals surface area contributed by atoms with Gasteiger partial charge in [-0.1, -0.05) is 54.4 Å². The first-order valence-corrected chi connectivity index (χ1v) is 11.8. The van der Waals surface area contributed by atoms with Gasteiger partial charge in [0.2, 0.25) is 5.91 Å². The summed E-state index contributed by atoms with van der Waals surface area (Å²) in [5.74, 6) is -1.68. The summed E-state index contributed by atoms with van der Waals surface area (Å²) < 4.78 is 0. The van der Waals surface area contributed by atoms with Crippen LogP contribution in [0.15, 0.2) is 48.5 Å². The molecule has 2 fully saturated rings. The van der Waals surface area contributed by atoms with Gasteiger partial charge in [-0.15, -0.1) is 0 Å². The third-order valence-corrected chi connectivity index (χ3v) is 7.52. The fourth-order valence-electron chi connectivity index (χ4n) is 5.49. The van der Waals surface area contributed by atoms with Gasteiger partial charge in [0.1, 0.15) is 6.10 Å². The molecule has 4 rings (SSSR count). The number of carbonyl (C=O) groups excluding carboxylic acids is 1. The molecular weight excluding hydrogens is 465 g/mol. The van der Waals surface area contributed by atoms with E-state index in [-0.39, 0.29) is 18.2 Å². The highest BCUT2D eigenvalue weighted by Crippen LogP contribution is 2.53. The van der Waals surface area contributed by atoms with E-state index in [1.165, 1.54) is 0 Å². The fourth-order valence-corrected chi connectivity index (χ4v) is 5.81. The summed E-state index contributed by atoms with van der Waals surface area (Å²) in [5, 5.41) is 31.8. The van der Waals surface area contributed by atoms with Gasteiger partial charge in [-0.25, -0.2) is 0 Å². The zero-order valence-electron chi connectivity index (χ0n) is 18.2. The third-order valence-electron chi connectivity index (χ3n) is 7.04. The Bertz CT molecular complexity index is 1050. The Kier molecular flexibility index (Phi) is 6.74. The van der Waals surface area contributed by atoms with Crippen molar-refractivity contribution in [3.63, 3.8) is 0 Å². The molecule has 0 aromatic heterocycles. The predicted molar refractivity (Wildman–Crippen MR) is 125 cm³/mol. The molecular formula is C25H27Cl2NO5. The van der Waals surface area contributed by atoms with E-state index in [0.29, 0.717) is 29.3 Å². The summed E-state index contributed by atoms with van der Waals surface area (Å²) in [4.78, 5) is 27.3. The standard InChI is InChI=1S/C25H27Cl2NO5/c1-25(13-21(30)31)12-18(15-3-2-4-17(27)11-15)22(14-5-7-16(26)8-6-14)28(24(25)33)19-9-10-20(29)23(19)32/h2-8,11,18-20,22-23,29,32H,9-10,12-13H2,1H3,(H,30,31)/t18-,19+,20-,22?,23+,25-/m1/s1. The van der Waals surface area contributed by atoms with Crippen molar-refractivity contribution in [1.29, 1.82) is 0 Å². The molecule has 2 aromatic carbocycles. The van der Waals surface area contributed by atoms with Crippen LogP contribution in [0.1, 0.15) is 55.7 Å². The van der Waals surface area contributed by atoms with Crippen molar-refractivity contribution in [1.82, 2.24) is 4.90 Å². The Morgan fingerprint density at radius 1 is 1.06 bits per heavy atom. The Morgan fingerprint density at radius 3 is 2.33 bits per heavy atom. The Balaban J connectivity index is 1.90. The molecule has 8 heteroatoms. The number of nitrogens with zero attached hydrogens (tertiary/aromatic N) is 1. The molecule has 176 valence electrons. The number of amides is 1. The molecule has 0 spiro atoms. The number of carbonyl (C=O) groups is 2. The number of piperidine rings is 1. The molecule has 1 aliphatic carbocycles. The number of hydrogen-bond acceptors (Lipinski definition) is 4. The number of aliphatic hydroxyl groups is 2. The maximum absolute atomic E-state index is 13.9. The summed E-state index contributed by atoms with van der Waals surface area (Å²) in [6.45, 7) is 1.67. The van der Waals surface area contributed by atoms with Crippen molar-refractivity contribution in [3.05, 3.63) is 69.7 Å². The minimum atomic E-state index is -1.19. The second-order valence-electron chi connectivity index (χ2n) is 9.41. The van der Waals surface area contributed by atoms with Crippen LogP contribution in [-0.2, 0) is 9.59 Å². The summed E-state index contributed by atoms with van der Waals surface area (Å²) >= 11 is 12.4. The van der Waals surface area contributed by atoms with Crippen LogP contribution < -0.4 is 0 Å². The molecule has 6 atom stereocenters. The SMILES string of the molecule is C[C@]1(CC(=O)O)C[C@H](c2cccc(Cl)c2)C(c2ccc(Cl)cc2)N([C@H]2CC[C@@H](O)[C@H]2O)C1=O. The number of carboxylic acids is 1. The van der Waals surface area contributed by atoms with E-state index in [0.717, 1.165) is 11.1 Å². The van der Waals surface area contributed by atoms with E-state index < -0.39 is 35.7 Å². The van der Waals surface area contributed by atoms with Crippen LogP contribution in [0.5, 0.6) is 0 Å². The Labute approximate surface area is 202 Å². The van der Waals surface area contributed by atoms with Gasteiger partial charge in [0, 0.05) is 16.0 Å². The molecule has 2 aliphatic rings. The number of carboxylic acid groups (broad SMARTS) is 1. The van der Waals surface area contributed by atoms with Crippen molar-refractivity contribution in [2.75, 3.05) is 0 Å². The lowest BCUT2D eigenvalue weighted by Crippen LogP contribution is -2.58. The van der Waals surface area contributed by atoms with Gasteiger partial charge in [-0.05, 0) is 54.7 Å². The largest absolute Gasteiger partial charge is 0.481 e. The Hall–Kier alpha value is -2.12. The van der Waals surface area contributed by atoms with Crippen LogP contribution >= 0.6 is 23.2 Å². The van der Waals surface area contributed by atoms with Gasteiger partial charge in [-0.2, -0.15) is 0 Å². The number of likely N-dealkylation sites (tertiary alicyclic amines) is 1. The number of aliphatic hydroxyl groups excluding tert-OH is 2. The molecule has 1 unspecified atom stereocenters. The smallest absolute Gasteiger partial charge is 0.304 e. The van der Waals surface area contributed by atoms with Gasteiger partial charge in [0.15, 0.2) is 0 Å². The molecule has 3 N–H and O–H groups in total. The average molecular weight is 492 g/mol. The molecule has 1 amide bonds. The lowest BCUT2D eigenvalue weighted by atomic mass is 9.67. The van der Waals surface area contributed by atoms with Gasteiger partial charge in [0.25, 0.3) is 0 Å². The lowest BCUT2D eigenvalue weighted by Gasteiger charge is -2.52. The fraction of sp³-hybridized carbons (Fsp3) is 0.440. The highest BCUT2D eigenvalue weighted by molar-refractivity contribution is 6.30. The number of rotatable bonds is 5. The van der Waals surface area contributed by atoms with E-state index in [9.17, 15) is 24.9 Å². The quantitative estimate of drug-likeness (QED) is 0.574. The number of benzene rings is 2. The van der Waals surface area contributed by atoms with Crippen LogP contribution in [-0.4, -0.2) is 50.3 Å². The summed E-state index contributed by atoms with van der Waals surface area (Å²) in [6, 6.07) is 13.4. The molecule has 0 radical (unpaired) electrons. The molecule has 1 saturated carbocycles. The first-order valence-electron chi connectivity index (χ1n) is 11.0. The normalized spacial score (nSPS) is 32.2. The van der Waals surface area contributed by atoms with E-state index >= 15 is 0 Å². The number of halogens is 2. The summed E-state index contributed by atoms with van der Waals surface area (Å²) in [7, 11) is 0. The molecule has 1 aliphatic heterocycles. The molecule has 2 aromatic rings. The first kappa shape index (κ1) is 24.0. The molecule has 0 bridgehead atoms. The van der Waals surface area contributed by atoms with Gasteiger partial charge in [0.05, 0.1) is 30.0 Å². The van der Waals surface area contributed by atoms with E-state index in [1.807, 2.05) is 30.3 Å². The summed E-state index contributed by atoms with van der Waals surface area (Å²) in [5.41, 5.74) is 0.517. The summed E-state index contributed by atoms with van der Waals surface area (Å²) in [6.07, 6.45) is -1.31. The van der Waals surface area contributed by atoms with Crippen molar-refractivity contribution in [2.24, 2.45) is 5.41 Å². The van der Waals surface area contributed by atoms with Crippen LogP contribution in [0.4, 0.5) is 0 Å². The maximum atomic E-state index is 13.9. The first-order chi connectivity index (χ1) is 15.6. The minimum Gasteiger partial charge on any atom is -0.481 e.